The van der Waals surface area contributed by atoms with Crippen LogP contribution >= 0.6 is 0 Å². The Morgan fingerprint density at radius 2 is 1.25 bits per heavy atom. The second-order valence-electron chi connectivity index (χ2n) is 0.408. The zero-order valence-corrected chi connectivity index (χ0v) is 8.61. The molecule has 0 aliphatic heterocycles. The van der Waals surface area contributed by atoms with Gasteiger partial charge in [0.05, 0.1) is 0 Å². The third-order valence-electron chi connectivity index (χ3n) is 0. The molecule has 0 spiro atoms. The van der Waals surface area contributed by atoms with Crippen LogP contribution in [0.2, 0.25) is 0 Å². The van der Waals surface area contributed by atoms with Crippen molar-refractivity contribution >= 4 is 26.2 Å². The Morgan fingerprint density at radius 1 is 1.25 bits per heavy atom. The average Bonchev–Trinajstić information content (AvgIpc) is 0.918. The van der Waals surface area contributed by atoms with E-state index in [0.29, 0.717) is 0 Å². The molecule has 0 fully saturated rings. The molecule has 0 saturated heterocycles. The van der Waals surface area contributed by atoms with Crippen molar-refractivity contribution in [3.05, 3.63) is 0 Å². The van der Waals surface area contributed by atoms with Crippen molar-refractivity contribution in [1.29, 1.82) is 0 Å². The van der Waals surface area contributed by atoms with Crippen LogP contribution in [0.5, 0.6) is 0 Å². The van der Waals surface area contributed by atoms with Gasteiger partial charge in [0.25, 0.3) is 0 Å². The summed E-state index contributed by atoms with van der Waals surface area (Å²) in [6.45, 7) is 0. The molecule has 0 aromatic heterocycles. The first-order valence-corrected chi connectivity index (χ1v) is 0.816. The molecule has 1 nitrogen and oxygen atoms in total. The SMILES string of the molecule is COC.[BiH3]. The Morgan fingerprint density at radius 3 is 1.25 bits per heavy atom. The number of hydrogen-bond donors (Lipinski definition) is 0. The van der Waals surface area contributed by atoms with E-state index in [4.69, 9.17) is 0 Å². The quantitative estimate of drug-likeness (QED) is 0.511. The molecule has 0 bridgehead atoms. The number of methoxy groups -OCH3 is 1. The van der Waals surface area contributed by atoms with Gasteiger partial charge in [0.1, 0.15) is 0 Å². The molecule has 0 aromatic rings. The fourth-order valence-electron chi connectivity index (χ4n) is 0. The standard InChI is InChI=1S/C2H6O.Bi.3H/c1-3-2;;;;/h1-2H3;;;;. The van der Waals surface area contributed by atoms with Crippen LogP contribution < -0.4 is 0 Å². The fraction of sp³-hybridized carbons (Fsp3) is 1.00. The molecule has 0 amide bonds. The first kappa shape index (κ1) is 8.85. The molecule has 0 N–H and O–H groups in total. The first-order valence-electron chi connectivity index (χ1n) is 0.816. The molecule has 4 heavy (non-hydrogen) atoms. The summed E-state index contributed by atoms with van der Waals surface area (Å²) in [6.07, 6.45) is 0. The summed E-state index contributed by atoms with van der Waals surface area (Å²) in [5, 5.41) is 0. The molecule has 28 valence electrons. The molecule has 0 unspecified atom stereocenters. The van der Waals surface area contributed by atoms with E-state index < -0.39 is 0 Å². The van der Waals surface area contributed by atoms with Gasteiger partial charge >= 0.3 is 26.2 Å². The second kappa shape index (κ2) is 9.14. The second-order valence-corrected chi connectivity index (χ2v) is 0.408. The van der Waals surface area contributed by atoms with Gasteiger partial charge in [0.15, 0.2) is 0 Å². The van der Waals surface area contributed by atoms with Gasteiger partial charge in [-0.1, -0.05) is 0 Å². The van der Waals surface area contributed by atoms with E-state index in [-0.39, 0.29) is 26.2 Å². The normalized spacial score (nSPS) is 4.50. The Balaban J connectivity index is 0. The fourth-order valence-corrected chi connectivity index (χ4v) is 0. The maximum atomic E-state index is 4.25. The van der Waals surface area contributed by atoms with Crippen molar-refractivity contribution in [2.45, 2.75) is 0 Å². The molecular formula is C2H9BiO. The molecule has 0 heterocycles. The van der Waals surface area contributed by atoms with Gasteiger partial charge < -0.3 is 4.74 Å². The number of ether oxygens (including phenoxy) is 1. The summed E-state index contributed by atoms with van der Waals surface area (Å²) >= 11 is 0. The van der Waals surface area contributed by atoms with Crippen molar-refractivity contribution in [2.75, 3.05) is 14.2 Å². The van der Waals surface area contributed by atoms with E-state index in [1.54, 1.807) is 14.2 Å². The van der Waals surface area contributed by atoms with Crippen LogP contribution in [0.3, 0.4) is 0 Å². The zero-order chi connectivity index (χ0) is 2.71. The summed E-state index contributed by atoms with van der Waals surface area (Å²) < 4.78 is 4.25. The van der Waals surface area contributed by atoms with E-state index >= 15 is 0 Å². The molecule has 0 rings (SSSR count). The Labute approximate surface area is 45.5 Å². The van der Waals surface area contributed by atoms with E-state index in [2.05, 4.69) is 4.74 Å². The van der Waals surface area contributed by atoms with E-state index in [1.165, 1.54) is 0 Å². The first-order chi connectivity index (χ1) is 1.41. The molecule has 0 aliphatic carbocycles. The summed E-state index contributed by atoms with van der Waals surface area (Å²) in [5.41, 5.74) is 0. The van der Waals surface area contributed by atoms with Crippen LogP contribution in [0.4, 0.5) is 0 Å². The molecule has 0 saturated carbocycles. The predicted octanol–water partition coefficient (Wildman–Crippen LogP) is -0.921. The van der Waals surface area contributed by atoms with Crippen LogP contribution in [-0.2, 0) is 4.74 Å². The molecular weight excluding hydrogens is 249 g/mol. The summed E-state index contributed by atoms with van der Waals surface area (Å²) in [4.78, 5) is 0. The van der Waals surface area contributed by atoms with E-state index in [9.17, 15) is 0 Å². The van der Waals surface area contributed by atoms with Gasteiger partial charge in [-0.05, 0) is 0 Å². The Bertz CT molecular complexity index is 6.00. The Hall–Kier alpha value is 0.843. The molecule has 0 radical (unpaired) electrons. The number of hydrogen-bond acceptors (Lipinski definition) is 1. The van der Waals surface area contributed by atoms with E-state index in [1.807, 2.05) is 0 Å². The molecule has 2 heteroatoms. The van der Waals surface area contributed by atoms with Crippen LogP contribution in [0.15, 0.2) is 0 Å². The van der Waals surface area contributed by atoms with Gasteiger partial charge in [-0.3, -0.25) is 0 Å². The summed E-state index contributed by atoms with van der Waals surface area (Å²) in [5.74, 6) is 0. The topological polar surface area (TPSA) is 9.23 Å². The van der Waals surface area contributed by atoms with Gasteiger partial charge in [0, 0.05) is 14.2 Å². The van der Waals surface area contributed by atoms with Crippen LogP contribution in [0, 0.1) is 0 Å². The zero-order valence-electron chi connectivity index (χ0n) is 3.12. The molecule has 0 atom stereocenters. The summed E-state index contributed by atoms with van der Waals surface area (Å²) in [6, 6.07) is 0. The third kappa shape index (κ3) is 13.6. The van der Waals surface area contributed by atoms with Crippen molar-refractivity contribution in [3.63, 3.8) is 0 Å². The maximum absolute atomic E-state index is 4.25. The molecule has 0 aliphatic rings. The van der Waals surface area contributed by atoms with Crippen molar-refractivity contribution in [1.82, 2.24) is 0 Å². The minimum atomic E-state index is 0. The van der Waals surface area contributed by atoms with Crippen molar-refractivity contribution < 1.29 is 4.74 Å². The van der Waals surface area contributed by atoms with Crippen molar-refractivity contribution in [2.24, 2.45) is 0 Å². The predicted molar refractivity (Wildman–Crippen MR) is 22.9 cm³/mol. The number of rotatable bonds is 0. The van der Waals surface area contributed by atoms with Crippen LogP contribution in [0.1, 0.15) is 0 Å². The monoisotopic (exact) mass is 258 g/mol. The molecule has 0 aromatic carbocycles. The van der Waals surface area contributed by atoms with Gasteiger partial charge in [-0.15, -0.1) is 0 Å². The van der Waals surface area contributed by atoms with Gasteiger partial charge in [0.2, 0.25) is 0 Å². The average molecular weight is 258 g/mol. The van der Waals surface area contributed by atoms with Gasteiger partial charge in [-0.25, -0.2) is 0 Å². The summed E-state index contributed by atoms with van der Waals surface area (Å²) in [7, 11) is 3.25. The van der Waals surface area contributed by atoms with Gasteiger partial charge in [-0.2, -0.15) is 0 Å². The Kier molecular flexibility index (Phi) is 20.2. The van der Waals surface area contributed by atoms with Crippen LogP contribution in [0.25, 0.3) is 0 Å². The van der Waals surface area contributed by atoms with E-state index in [0.717, 1.165) is 0 Å². The minimum absolute atomic E-state index is 0. The third-order valence-corrected chi connectivity index (χ3v) is 0. The van der Waals surface area contributed by atoms with Crippen molar-refractivity contribution in [3.8, 4) is 0 Å². The van der Waals surface area contributed by atoms with Crippen LogP contribution in [-0.4, -0.2) is 40.4 Å².